The predicted molar refractivity (Wildman–Crippen MR) is 66.3 cm³/mol. The molecule has 0 spiro atoms. The number of hydrogen-bond donors (Lipinski definition) is 2. The van der Waals surface area contributed by atoms with Gasteiger partial charge in [-0.05, 0) is 25.7 Å². The van der Waals surface area contributed by atoms with Crippen molar-refractivity contribution < 1.29 is 0 Å². The van der Waals surface area contributed by atoms with Crippen molar-refractivity contribution in [3.05, 3.63) is 11.9 Å². The van der Waals surface area contributed by atoms with E-state index in [-0.39, 0.29) is 0 Å². The van der Waals surface area contributed by atoms with E-state index in [0.717, 1.165) is 37.8 Å². The van der Waals surface area contributed by atoms with Gasteiger partial charge in [-0.3, -0.25) is 5.43 Å². The summed E-state index contributed by atoms with van der Waals surface area (Å²) in [5, 5.41) is 5.66. The zero-order chi connectivity index (χ0) is 11.7. The van der Waals surface area contributed by atoms with Crippen LogP contribution in [0.5, 0.6) is 0 Å². The molecule has 6 nitrogen and oxygen atoms in total. The first-order chi connectivity index (χ1) is 8.33. The molecule has 3 N–H and O–H groups in total. The lowest BCUT2D eigenvalue weighted by molar-refractivity contribution is 0.181. The topological polar surface area (TPSA) is 60.1 Å². The van der Waals surface area contributed by atoms with Gasteiger partial charge in [0.05, 0.1) is 0 Å². The van der Waals surface area contributed by atoms with Crippen LogP contribution >= 0.6 is 0 Å². The van der Waals surface area contributed by atoms with Gasteiger partial charge in [-0.2, -0.15) is 0 Å². The smallest absolute Gasteiger partial charge is 0.155 e. The summed E-state index contributed by atoms with van der Waals surface area (Å²) in [6.07, 6.45) is 7.16. The molecule has 0 amide bonds. The van der Waals surface area contributed by atoms with Gasteiger partial charge < -0.3 is 9.80 Å². The van der Waals surface area contributed by atoms with Crippen LogP contribution in [0.2, 0.25) is 0 Å². The Labute approximate surface area is 102 Å². The van der Waals surface area contributed by atoms with E-state index < -0.39 is 0 Å². The van der Waals surface area contributed by atoms with Crippen LogP contribution in [-0.2, 0) is 0 Å². The molecule has 0 aromatic carbocycles. The van der Waals surface area contributed by atoms with Crippen molar-refractivity contribution in [3.63, 3.8) is 0 Å². The molecule has 3 aliphatic rings. The van der Waals surface area contributed by atoms with Gasteiger partial charge in [0.2, 0.25) is 0 Å². The highest BCUT2D eigenvalue weighted by Crippen LogP contribution is 2.17. The lowest BCUT2D eigenvalue weighted by atomic mass is 10.4. The third kappa shape index (κ3) is 2.17. The van der Waals surface area contributed by atoms with Gasteiger partial charge in [0.25, 0.3) is 0 Å². The Hall–Kier alpha value is -1.43. The summed E-state index contributed by atoms with van der Waals surface area (Å²) in [7, 11) is 0. The number of nitrogens with one attached hydrogen (secondary N) is 1. The highest BCUT2D eigenvalue weighted by atomic mass is 15.8. The summed E-state index contributed by atoms with van der Waals surface area (Å²) in [5.74, 6) is 7.87. The quantitative estimate of drug-likeness (QED) is 0.629. The van der Waals surface area contributed by atoms with Crippen LogP contribution in [0.1, 0.15) is 25.7 Å². The van der Waals surface area contributed by atoms with E-state index in [1.54, 1.807) is 0 Å². The van der Waals surface area contributed by atoms with Crippen LogP contribution in [-0.4, -0.2) is 47.0 Å². The van der Waals surface area contributed by atoms with Gasteiger partial charge in [-0.25, -0.2) is 5.84 Å². The Kier molecular flexibility index (Phi) is 2.80. The summed E-state index contributed by atoms with van der Waals surface area (Å²) in [6.45, 7) is 4.41. The second-order valence-corrected chi connectivity index (χ2v) is 4.83. The predicted octanol–water partition coefficient (Wildman–Crippen LogP) is 0.0268. The van der Waals surface area contributed by atoms with Crippen LogP contribution in [0.25, 0.3) is 0 Å². The Bertz CT molecular complexity index is 338. The van der Waals surface area contributed by atoms with Crippen LogP contribution in [0.15, 0.2) is 17.0 Å². The third-order valence-corrected chi connectivity index (χ3v) is 3.58. The Morgan fingerprint density at radius 2 is 1.59 bits per heavy atom. The van der Waals surface area contributed by atoms with E-state index in [4.69, 9.17) is 5.84 Å². The molecule has 3 heterocycles. The molecular weight excluding hydrogens is 216 g/mol. The van der Waals surface area contributed by atoms with E-state index in [1.165, 1.54) is 30.9 Å². The molecule has 0 radical (unpaired) electrons. The number of rotatable bonds is 1. The molecule has 94 valence electrons. The molecule has 6 heteroatoms. The molecule has 0 atom stereocenters. The second-order valence-electron chi connectivity index (χ2n) is 4.83. The van der Waals surface area contributed by atoms with Crippen LogP contribution in [0, 0.1) is 0 Å². The summed E-state index contributed by atoms with van der Waals surface area (Å²) >= 11 is 0. The lowest BCUT2D eigenvalue weighted by Gasteiger charge is -2.31. The molecule has 0 bridgehead atoms. The fourth-order valence-corrected chi connectivity index (χ4v) is 2.66. The number of likely N-dealkylation sites (tertiary alicyclic amines) is 2. The third-order valence-electron chi connectivity index (χ3n) is 3.58. The maximum atomic E-state index is 5.79. The molecule has 0 saturated carbocycles. The summed E-state index contributed by atoms with van der Waals surface area (Å²) in [5.41, 5.74) is 3.10. The fourth-order valence-electron chi connectivity index (χ4n) is 2.66. The second kappa shape index (κ2) is 4.44. The fraction of sp³-hybridized carbons (Fsp3) is 0.727. The normalized spacial score (nSPS) is 24.9. The minimum Gasteiger partial charge on any atom is -0.357 e. The number of hydrazine groups is 2. The SMILES string of the molecule is NN1N=C(N2CCCC2)C=C(N2CCCC2)N1. The number of nitrogens with two attached hydrogens (primary N) is 1. The average Bonchev–Trinajstić information content (AvgIpc) is 3.02. The van der Waals surface area contributed by atoms with Gasteiger partial charge in [0.1, 0.15) is 5.82 Å². The summed E-state index contributed by atoms with van der Waals surface area (Å²) < 4.78 is 0. The molecule has 3 rings (SSSR count). The van der Waals surface area contributed by atoms with Crippen molar-refractivity contribution in [2.45, 2.75) is 25.7 Å². The van der Waals surface area contributed by atoms with Crippen molar-refractivity contribution in [2.24, 2.45) is 10.9 Å². The minimum atomic E-state index is 0.991. The average molecular weight is 236 g/mol. The van der Waals surface area contributed by atoms with E-state index in [2.05, 4.69) is 26.4 Å². The Balaban J connectivity index is 1.77. The molecular formula is C11H20N6. The van der Waals surface area contributed by atoms with E-state index in [0.29, 0.717) is 0 Å². The van der Waals surface area contributed by atoms with Gasteiger partial charge in [-0.15, -0.1) is 10.3 Å². The monoisotopic (exact) mass is 236 g/mol. The van der Waals surface area contributed by atoms with Crippen molar-refractivity contribution >= 4 is 5.84 Å². The van der Waals surface area contributed by atoms with Crippen molar-refractivity contribution in [2.75, 3.05) is 26.2 Å². The van der Waals surface area contributed by atoms with Crippen molar-refractivity contribution in [1.82, 2.24) is 20.5 Å². The number of nitrogens with zero attached hydrogens (tertiary/aromatic N) is 4. The molecule has 0 aliphatic carbocycles. The molecule has 3 aliphatic heterocycles. The lowest BCUT2D eigenvalue weighted by Crippen LogP contribution is -2.48. The van der Waals surface area contributed by atoms with Gasteiger partial charge in [0, 0.05) is 32.3 Å². The standard InChI is InChI=1S/C11H20N6/c12-17-13-10(15-5-1-2-6-15)9-11(14-17)16-7-3-4-8-16/h9,13H,1-8,12H2. The molecule has 2 fully saturated rings. The Morgan fingerprint density at radius 3 is 2.24 bits per heavy atom. The molecule has 17 heavy (non-hydrogen) atoms. The number of hydrazone groups is 1. The summed E-state index contributed by atoms with van der Waals surface area (Å²) in [6, 6.07) is 0. The number of hydrogen-bond acceptors (Lipinski definition) is 6. The first kappa shape index (κ1) is 10.7. The van der Waals surface area contributed by atoms with Gasteiger partial charge in [0.15, 0.2) is 5.84 Å². The molecule has 0 aromatic rings. The highest BCUT2D eigenvalue weighted by Gasteiger charge is 2.23. The molecule has 0 unspecified atom stereocenters. The van der Waals surface area contributed by atoms with Crippen LogP contribution in [0.4, 0.5) is 0 Å². The summed E-state index contributed by atoms with van der Waals surface area (Å²) in [4.78, 5) is 4.64. The maximum absolute atomic E-state index is 5.79. The largest absolute Gasteiger partial charge is 0.357 e. The number of amidine groups is 1. The minimum absolute atomic E-state index is 0.991. The van der Waals surface area contributed by atoms with Crippen LogP contribution in [0.3, 0.4) is 0 Å². The molecule has 2 saturated heterocycles. The first-order valence-corrected chi connectivity index (χ1v) is 6.44. The molecule has 0 aromatic heterocycles. The zero-order valence-electron chi connectivity index (χ0n) is 10.1. The van der Waals surface area contributed by atoms with Crippen LogP contribution < -0.4 is 11.3 Å². The van der Waals surface area contributed by atoms with Crippen molar-refractivity contribution in [3.8, 4) is 0 Å². The van der Waals surface area contributed by atoms with E-state index in [9.17, 15) is 0 Å². The van der Waals surface area contributed by atoms with Gasteiger partial charge in [-0.1, -0.05) is 0 Å². The first-order valence-electron chi connectivity index (χ1n) is 6.44. The Morgan fingerprint density at radius 1 is 1.00 bits per heavy atom. The van der Waals surface area contributed by atoms with E-state index in [1.807, 2.05) is 0 Å². The van der Waals surface area contributed by atoms with Gasteiger partial charge >= 0.3 is 0 Å². The van der Waals surface area contributed by atoms with Crippen molar-refractivity contribution in [1.29, 1.82) is 0 Å². The highest BCUT2D eigenvalue weighted by molar-refractivity contribution is 5.93. The maximum Gasteiger partial charge on any atom is 0.155 e. The van der Waals surface area contributed by atoms with E-state index >= 15 is 0 Å². The zero-order valence-corrected chi connectivity index (χ0v) is 10.1.